The van der Waals surface area contributed by atoms with Gasteiger partial charge in [-0.2, -0.15) is 10.4 Å². The van der Waals surface area contributed by atoms with Gasteiger partial charge in [-0.15, -0.1) is 0 Å². The van der Waals surface area contributed by atoms with E-state index in [0.29, 0.717) is 13.1 Å². The molecule has 0 atom stereocenters. The van der Waals surface area contributed by atoms with Crippen molar-refractivity contribution in [2.75, 3.05) is 37.6 Å². The van der Waals surface area contributed by atoms with E-state index in [2.05, 4.69) is 62.1 Å². The largest absolute Gasteiger partial charge is 0.353 e. The number of nitriles is 1. The molecule has 0 N–H and O–H groups in total. The predicted molar refractivity (Wildman–Crippen MR) is 99.9 cm³/mol. The third-order valence-electron chi connectivity index (χ3n) is 4.83. The zero-order valence-electron chi connectivity index (χ0n) is 14.8. The predicted octanol–water partition coefficient (Wildman–Crippen LogP) is 1.83. The fourth-order valence-corrected chi connectivity index (χ4v) is 3.33. The van der Waals surface area contributed by atoms with Crippen LogP contribution in [0.25, 0.3) is 11.0 Å². The molecule has 2 aromatic heterocycles. The molecule has 1 saturated heterocycles. The number of aryl methyl sites for hydroxylation is 1. The summed E-state index contributed by atoms with van der Waals surface area (Å²) < 4.78 is 1.93. The van der Waals surface area contributed by atoms with Gasteiger partial charge in [0.25, 0.3) is 0 Å². The highest BCUT2D eigenvalue weighted by atomic mass is 15.3. The van der Waals surface area contributed by atoms with E-state index < -0.39 is 0 Å². The second-order valence-electron chi connectivity index (χ2n) is 6.64. The molecular weight excluding hydrogens is 326 g/mol. The molecule has 0 radical (unpaired) electrons. The van der Waals surface area contributed by atoms with Crippen molar-refractivity contribution in [2.24, 2.45) is 0 Å². The van der Waals surface area contributed by atoms with Crippen molar-refractivity contribution in [2.45, 2.75) is 13.5 Å². The minimum absolute atomic E-state index is 0.488. The van der Waals surface area contributed by atoms with E-state index in [1.165, 1.54) is 11.1 Å². The van der Waals surface area contributed by atoms with Crippen molar-refractivity contribution in [3.63, 3.8) is 0 Å². The van der Waals surface area contributed by atoms with Crippen LogP contribution < -0.4 is 4.90 Å². The van der Waals surface area contributed by atoms with E-state index in [0.717, 1.165) is 43.0 Å². The van der Waals surface area contributed by atoms with Gasteiger partial charge >= 0.3 is 0 Å². The van der Waals surface area contributed by atoms with Crippen molar-refractivity contribution in [1.82, 2.24) is 24.6 Å². The van der Waals surface area contributed by atoms with E-state index in [9.17, 15) is 0 Å². The van der Waals surface area contributed by atoms with Gasteiger partial charge in [-0.05, 0) is 12.5 Å². The smallest absolute Gasteiger partial charge is 0.163 e. The topological polar surface area (TPSA) is 73.9 Å². The van der Waals surface area contributed by atoms with Gasteiger partial charge in [0.2, 0.25) is 0 Å². The summed E-state index contributed by atoms with van der Waals surface area (Å²) in [5.74, 6) is 0.932. The third kappa shape index (κ3) is 3.24. The first-order valence-electron chi connectivity index (χ1n) is 8.81. The first kappa shape index (κ1) is 16.5. The van der Waals surface area contributed by atoms with Crippen LogP contribution in [-0.4, -0.2) is 57.4 Å². The molecule has 1 aliphatic rings. The number of hydrogen-bond acceptors (Lipinski definition) is 6. The van der Waals surface area contributed by atoms with Crippen LogP contribution in [-0.2, 0) is 6.54 Å². The SMILES string of the molecule is Cc1ccc(Cn2ncc3c(N4CCN(CC#N)CC4)ncnc32)cc1. The highest BCUT2D eigenvalue weighted by Crippen LogP contribution is 2.24. The zero-order chi connectivity index (χ0) is 17.9. The Kier molecular flexibility index (Phi) is 4.50. The molecule has 3 aromatic rings. The van der Waals surface area contributed by atoms with Gasteiger partial charge in [-0.25, -0.2) is 14.6 Å². The summed E-state index contributed by atoms with van der Waals surface area (Å²) >= 11 is 0. The van der Waals surface area contributed by atoms with E-state index in [4.69, 9.17) is 5.26 Å². The van der Waals surface area contributed by atoms with Gasteiger partial charge in [0.05, 0.1) is 30.7 Å². The van der Waals surface area contributed by atoms with Crippen molar-refractivity contribution in [3.8, 4) is 6.07 Å². The summed E-state index contributed by atoms with van der Waals surface area (Å²) in [5, 5.41) is 14.4. The van der Waals surface area contributed by atoms with Crippen molar-refractivity contribution in [1.29, 1.82) is 5.26 Å². The molecule has 0 spiro atoms. The van der Waals surface area contributed by atoms with Crippen LogP contribution >= 0.6 is 0 Å². The molecule has 1 aromatic carbocycles. The molecule has 26 heavy (non-hydrogen) atoms. The van der Waals surface area contributed by atoms with Crippen LogP contribution in [0.1, 0.15) is 11.1 Å². The molecular formula is C19H21N7. The number of anilines is 1. The Bertz CT molecular complexity index is 931. The maximum atomic E-state index is 8.84. The lowest BCUT2D eigenvalue weighted by Gasteiger charge is -2.34. The molecule has 0 bridgehead atoms. The number of fused-ring (bicyclic) bond motifs is 1. The van der Waals surface area contributed by atoms with E-state index in [1.807, 2.05) is 10.9 Å². The average molecular weight is 347 g/mol. The van der Waals surface area contributed by atoms with Gasteiger partial charge in [0, 0.05) is 26.2 Å². The van der Waals surface area contributed by atoms with Crippen molar-refractivity contribution in [3.05, 3.63) is 47.9 Å². The molecule has 7 heteroatoms. The minimum Gasteiger partial charge on any atom is -0.353 e. The third-order valence-corrected chi connectivity index (χ3v) is 4.83. The molecule has 0 unspecified atom stereocenters. The lowest BCUT2D eigenvalue weighted by molar-refractivity contribution is 0.286. The summed E-state index contributed by atoms with van der Waals surface area (Å²) in [4.78, 5) is 13.4. The second kappa shape index (κ2) is 7.10. The van der Waals surface area contributed by atoms with Crippen LogP contribution in [0.4, 0.5) is 5.82 Å². The summed E-state index contributed by atoms with van der Waals surface area (Å²) in [7, 11) is 0. The molecule has 3 heterocycles. The average Bonchev–Trinajstić information content (AvgIpc) is 3.08. The number of aromatic nitrogens is 4. The van der Waals surface area contributed by atoms with E-state index in [-0.39, 0.29) is 0 Å². The van der Waals surface area contributed by atoms with Crippen molar-refractivity contribution < 1.29 is 0 Å². The normalized spacial score (nSPS) is 15.3. The summed E-state index contributed by atoms with van der Waals surface area (Å²) in [6.07, 6.45) is 3.48. The van der Waals surface area contributed by atoms with Crippen molar-refractivity contribution >= 4 is 16.9 Å². The van der Waals surface area contributed by atoms with Crippen LogP contribution in [0.5, 0.6) is 0 Å². The van der Waals surface area contributed by atoms with Crippen LogP contribution in [0.3, 0.4) is 0 Å². The number of benzene rings is 1. The highest BCUT2D eigenvalue weighted by molar-refractivity contribution is 5.86. The molecule has 7 nitrogen and oxygen atoms in total. The Hall–Kier alpha value is -2.98. The molecule has 0 saturated carbocycles. The maximum Gasteiger partial charge on any atom is 0.163 e. The Morgan fingerprint density at radius 1 is 1.08 bits per heavy atom. The van der Waals surface area contributed by atoms with Gasteiger partial charge in [-0.3, -0.25) is 4.90 Å². The molecule has 0 amide bonds. The number of nitrogens with zero attached hydrogens (tertiary/aromatic N) is 7. The number of hydrogen-bond donors (Lipinski definition) is 0. The summed E-state index contributed by atoms with van der Waals surface area (Å²) in [6.45, 7) is 6.72. The fraction of sp³-hybridized carbons (Fsp3) is 0.368. The lowest BCUT2D eigenvalue weighted by atomic mass is 10.1. The molecule has 132 valence electrons. The van der Waals surface area contributed by atoms with Gasteiger partial charge in [0.1, 0.15) is 12.1 Å². The molecule has 1 fully saturated rings. The number of piperazine rings is 1. The standard InChI is InChI=1S/C19H21N7/c1-15-2-4-16(5-3-15)13-26-19-17(12-23-26)18(21-14-22-19)25-10-8-24(7-6-20)9-11-25/h2-5,12,14H,7-11,13H2,1H3. The zero-order valence-corrected chi connectivity index (χ0v) is 14.8. The van der Waals surface area contributed by atoms with E-state index >= 15 is 0 Å². The highest BCUT2D eigenvalue weighted by Gasteiger charge is 2.21. The van der Waals surface area contributed by atoms with Crippen LogP contribution in [0.2, 0.25) is 0 Å². The Labute approximate surface area is 152 Å². The lowest BCUT2D eigenvalue weighted by Crippen LogP contribution is -2.46. The van der Waals surface area contributed by atoms with Crippen LogP contribution in [0.15, 0.2) is 36.8 Å². The summed E-state index contributed by atoms with van der Waals surface area (Å²) in [6, 6.07) is 10.7. The summed E-state index contributed by atoms with van der Waals surface area (Å²) in [5.41, 5.74) is 3.31. The van der Waals surface area contributed by atoms with Gasteiger partial charge in [-0.1, -0.05) is 29.8 Å². The van der Waals surface area contributed by atoms with Gasteiger partial charge in [0.15, 0.2) is 5.65 Å². The Morgan fingerprint density at radius 3 is 2.58 bits per heavy atom. The van der Waals surface area contributed by atoms with Crippen LogP contribution in [0, 0.1) is 18.3 Å². The molecule has 4 rings (SSSR count). The fourth-order valence-electron chi connectivity index (χ4n) is 3.33. The monoisotopic (exact) mass is 347 g/mol. The minimum atomic E-state index is 0.488. The quantitative estimate of drug-likeness (QED) is 0.671. The second-order valence-corrected chi connectivity index (χ2v) is 6.64. The molecule has 0 aliphatic carbocycles. The van der Waals surface area contributed by atoms with Gasteiger partial charge < -0.3 is 4.90 Å². The number of rotatable bonds is 4. The first-order valence-corrected chi connectivity index (χ1v) is 8.81. The van der Waals surface area contributed by atoms with E-state index in [1.54, 1.807) is 6.33 Å². The molecule has 1 aliphatic heterocycles. The maximum absolute atomic E-state index is 8.84. The Balaban J connectivity index is 1.57. The first-order chi connectivity index (χ1) is 12.7. The Morgan fingerprint density at radius 2 is 1.85 bits per heavy atom.